The summed E-state index contributed by atoms with van der Waals surface area (Å²) in [4.78, 5) is 2.17. The highest BCUT2D eigenvalue weighted by Crippen LogP contribution is 2.28. The van der Waals surface area contributed by atoms with Gasteiger partial charge in [0, 0.05) is 32.7 Å². The van der Waals surface area contributed by atoms with Gasteiger partial charge in [0.2, 0.25) is 10.0 Å². The Bertz CT molecular complexity index is 554. The quantitative estimate of drug-likeness (QED) is 0.822. The van der Waals surface area contributed by atoms with Gasteiger partial charge < -0.3 is 15.0 Å². The largest absolute Gasteiger partial charge is 0.495 e. The number of hydrogen-bond acceptors (Lipinski definition) is 5. The molecule has 0 aromatic heterocycles. The molecule has 1 heterocycles. The highest BCUT2D eigenvalue weighted by Gasteiger charge is 2.27. The lowest BCUT2D eigenvalue weighted by molar-refractivity contribution is 0.378. The van der Waals surface area contributed by atoms with Crippen LogP contribution in [0.4, 0.5) is 5.69 Å². The van der Waals surface area contributed by atoms with Crippen molar-refractivity contribution in [1.82, 2.24) is 9.62 Å². The minimum Gasteiger partial charge on any atom is -0.495 e. The third-order valence-corrected chi connectivity index (χ3v) is 5.54. The Balaban J connectivity index is 2.00. The lowest BCUT2D eigenvalue weighted by Gasteiger charge is -2.35. The van der Waals surface area contributed by atoms with Gasteiger partial charge in [0.25, 0.3) is 0 Å². The number of nitrogens with zero attached hydrogens (tertiary/aromatic N) is 2. The molecule has 0 atom stereocenters. The molecule has 0 aliphatic carbocycles. The normalized spacial score (nSPS) is 17.0. The summed E-state index contributed by atoms with van der Waals surface area (Å²) < 4.78 is 31.3. The molecule has 1 aromatic rings. The number of methoxy groups -OCH3 is 1. The van der Waals surface area contributed by atoms with Gasteiger partial charge in [-0.15, -0.1) is 0 Å². The molecule has 1 saturated heterocycles. The first-order valence-corrected chi connectivity index (χ1v) is 8.70. The van der Waals surface area contributed by atoms with Crippen molar-refractivity contribution in [2.45, 2.75) is 0 Å². The van der Waals surface area contributed by atoms with Gasteiger partial charge >= 0.3 is 0 Å². The maximum Gasteiger partial charge on any atom is 0.215 e. The number of nitrogens with one attached hydrogen (secondary N) is 1. The van der Waals surface area contributed by atoms with E-state index in [2.05, 4.69) is 10.2 Å². The van der Waals surface area contributed by atoms with E-state index in [0.29, 0.717) is 32.7 Å². The van der Waals surface area contributed by atoms with E-state index in [1.165, 1.54) is 0 Å². The maximum atomic E-state index is 12.2. The van der Waals surface area contributed by atoms with Gasteiger partial charge in [-0.1, -0.05) is 12.1 Å². The molecule has 7 heteroatoms. The number of rotatable bonds is 6. The van der Waals surface area contributed by atoms with E-state index in [9.17, 15) is 8.42 Å². The number of sulfonamides is 1. The number of piperazine rings is 1. The van der Waals surface area contributed by atoms with E-state index in [4.69, 9.17) is 4.74 Å². The number of benzene rings is 1. The first-order valence-electron chi connectivity index (χ1n) is 7.09. The molecule has 1 aromatic carbocycles. The van der Waals surface area contributed by atoms with Crippen molar-refractivity contribution in [1.29, 1.82) is 0 Å². The summed E-state index contributed by atoms with van der Waals surface area (Å²) in [6, 6.07) is 7.82. The van der Waals surface area contributed by atoms with Crippen LogP contribution >= 0.6 is 0 Å². The average molecular weight is 313 g/mol. The Morgan fingerprint density at radius 1 is 1.19 bits per heavy atom. The van der Waals surface area contributed by atoms with Crippen molar-refractivity contribution >= 4 is 15.7 Å². The minimum atomic E-state index is -3.15. The minimum absolute atomic E-state index is 0.151. The van der Waals surface area contributed by atoms with E-state index in [1.54, 1.807) is 18.5 Å². The highest BCUT2D eigenvalue weighted by molar-refractivity contribution is 7.89. The first kappa shape index (κ1) is 16.1. The van der Waals surface area contributed by atoms with Gasteiger partial charge in [0.05, 0.1) is 18.6 Å². The fourth-order valence-electron chi connectivity index (χ4n) is 2.46. The van der Waals surface area contributed by atoms with Gasteiger partial charge in [0.1, 0.15) is 5.75 Å². The van der Waals surface area contributed by atoms with Crippen LogP contribution in [0.25, 0.3) is 0 Å². The van der Waals surface area contributed by atoms with Gasteiger partial charge in [-0.2, -0.15) is 4.31 Å². The predicted molar refractivity (Wildman–Crippen MR) is 84.5 cm³/mol. The fourth-order valence-corrected chi connectivity index (χ4v) is 3.90. The van der Waals surface area contributed by atoms with Crippen LogP contribution in [-0.4, -0.2) is 65.4 Å². The van der Waals surface area contributed by atoms with Gasteiger partial charge in [-0.3, -0.25) is 0 Å². The maximum absolute atomic E-state index is 12.2. The second-order valence-corrected chi connectivity index (χ2v) is 7.07. The zero-order valence-electron chi connectivity index (χ0n) is 12.6. The number of hydrogen-bond donors (Lipinski definition) is 1. The smallest absolute Gasteiger partial charge is 0.215 e. The van der Waals surface area contributed by atoms with Crippen molar-refractivity contribution in [3.8, 4) is 5.75 Å². The summed E-state index contributed by atoms with van der Waals surface area (Å²) in [5, 5.41) is 2.88. The average Bonchev–Trinajstić information content (AvgIpc) is 2.53. The van der Waals surface area contributed by atoms with E-state index >= 15 is 0 Å². The van der Waals surface area contributed by atoms with E-state index in [0.717, 1.165) is 11.4 Å². The van der Waals surface area contributed by atoms with Crippen molar-refractivity contribution in [2.75, 3.05) is 57.5 Å². The number of anilines is 1. The topological polar surface area (TPSA) is 61.9 Å². The monoisotopic (exact) mass is 313 g/mol. The summed E-state index contributed by atoms with van der Waals surface area (Å²) in [5.74, 6) is 0.974. The molecule has 2 rings (SSSR count). The van der Waals surface area contributed by atoms with Crippen LogP contribution in [-0.2, 0) is 10.0 Å². The van der Waals surface area contributed by atoms with Gasteiger partial charge in [-0.05, 0) is 19.2 Å². The molecule has 1 aliphatic rings. The Hall–Kier alpha value is -1.31. The second kappa shape index (κ2) is 7.11. The van der Waals surface area contributed by atoms with Crippen LogP contribution in [0.3, 0.4) is 0 Å². The van der Waals surface area contributed by atoms with Crippen molar-refractivity contribution < 1.29 is 13.2 Å². The number of ether oxygens (including phenoxy) is 1. The first-order chi connectivity index (χ1) is 10.1. The Morgan fingerprint density at radius 2 is 1.86 bits per heavy atom. The zero-order chi connectivity index (χ0) is 15.3. The molecule has 1 N–H and O–H groups in total. The van der Waals surface area contributed by atoms with E-state index < -0.39 is 10.0 Å². The summed E-state index contributed by atoms with van der Waals surface area (Å²) in [7, 11) is 0.255. The van der Waals surface area contributed by atoms with Crippen LogP contribution in [0.1, 0.15) is 0 Å². The van der Waals surface area contributed by atoms with Crippen LogP contribution in [0, 0.1) is 0 Å². The summed E-state index contributed by atoms with van der Waals surface area (Å²) >= 11 is 0. The standard InChI is InChI=1S/C14H23N3O3S/c1-15-7-12-21(18,19)17-10-8-16(9-11-17)13-5-3-4-6-14(13)20-2/h3-6,15H,7-12H2,1-2H3. The Morgan fingerprint density at radius 3 is 2.48 bits per heavy atom. The third kappa shape index (κ3) is 3.87. The predicted octanol–water partition coefficient (Wildman–Crippen LogP) is 0.366. The van der Waals surface area contributed by atoms with Gasteiger partial charge in [0.15, 0.2) is 0 Å². The molecular weight excluding hydrogens is 290 g/mol. The van der Waals surface area contributed by atoms with Crippen LogP contribution in [0.5, 0.6) is 5.75 Å². The molecule has 0 spiro atoms. The Kier molecular flexibility index (Phi) is 5.44. The molecule has 0 radical (unpaired) electrons. The molecule has 118 valence electrons. The molecule has 0 amide bonds. The van der Waals surface area contributed by atoms with Crippen LogP contribution in [0.15, 0.2) is 24.3 Å². The molecule has 21 heavy (non-hydrogen) atoms. The second-order valence-electron chi connectivity index (χ2n) is 4.98. The molecule has 0 saturated carbocycles. The molecule has 1 aliphatic heterocycles. The number of para-hydroxylation sites is 2. The molecule has 1 fully saturated rings. The van der Waals surface area contributed by atoms with Crippen LogP contribution in [0.2, 0.25) is 0 Å². The fraction of sp³-hybridized carbons (Fsp3) is 0.571. The van der Waals surface area contributed by atoms with E-state index in [-0.39, 0.29) is 5.75 Å². The van der Waals surface area contributed by atoms with Crippen LogP contribution < -0.4 is 15.0 Å². The molecule has 0 bridgehead atoms. The van der Waals surface area contributed by atoms with E-state index in [1.807, 2.05) is 24.3 Å². The third-order valence-electron chi connectivity index (χ3n) is 3.67. The van der Waals surface area contributed by atoms with Crippen molar-refractivity contribution in [3.05, 3.63) is 24.3 Å². The van der Waals surface area contributed by atoms with Crippen molar-refractivity contribution in [2.24, 2.45) is 0 Å². The molecular formula is C14H23N3O3S. The molecule has 6 nitrogen and oxygen atoms in total. The SMILES string of the molecule is CNCCS(=O)(=O)N1CCN(c2ccccc2OC)CC1. The summed E-state index contributed by atoms with van der Waals surface area (Å²) in [6.07, 6.45) is 0. The highest BCUT2D eigenvalue weighted by atomic mass is 32.2. The zero-order valence-corrected chi connectivity index (χ0v) is 13.4. The molecule has 0 unspecified atom stereocenters. The van der Waals surface area contributed by atoms with Crippen molar-refractivity contribution in [3.63, 3.8) is 0 Å². The lowest BCUT2D eigenvalue weighted by atomic mass is 10.2. The Labute approximate surface area is 126 Å². The summed E-state index contributed by atoms with van der Waals surface area (Å²) in [6.45, 7) is 2.88. The summed E-state index contributed by atoms with van der Waals surface area (Å²) in [5.41, 5.74) is 1.02. The van der Waals surface area contributed by atoms with Gasteiger partial charge in [-0.25, -0.2) is 8.42 Å². The lowest BCUT2D eigenvalue weighted by Crippen LogP contribution is -2.50.